The summed E-state index contributed by atoms with van der Waals surface area (Å²) in [5, 5.41) is -0.259. The van der Waals surface area contributed by atoms with Gasteiger partial charge in [-0.1, -0.05) is 6.08 Å². The lowest BCUT2D eigenvalue weighted by molar-refractivity contribution is -0.121. The fourth-order valence-electron chi connectivity index (χ4n) is 3.17. The Labute approximate surface area is 152 Å². The van der Waals surface area contributed by atoms with Gasteiger partial charge in [0.2, 0.25) is 0 Å². The summed E-state index contributed by atoms with van der Waals surface area (Å²) in [6, 6.07) is 4.02. The molecule has 0 unspecified atom stereocenters. The predicted octanol–water partition coefficient (Wildman–Crippen LogP) is 3.99. The van der Waals surface area contributed by atoms with Crippen LogP contribution < -0.4 is 9.64 Å². The zero-order valence-electron chi connectivity index (χ0n) is 15.3. The number of carbonyl (C=O) groups excluding carboxylic acids is 2. The van der Waals surface area contributed by atoms with E-state index in [0.717, 1.165) is 33.5 Å². The number of hydrogen-bond acceptors (Lipinski definition) is 5. The number of methoxy groups -OCH3 is 1. The van der Waals surface area contributed by atoms with Crippen molar-refractivity contribution in [1.82, 2.24) is 4.90 Å². The Morgan fingerprint density at radius 1 is 1.20 bits per heavy atom. The van der Waals surface area contributed by atoms with E-state index < -0.39 is 0 Å². The number of ether oxygens (including phenoxy) is 1. The number of benzene rings is 1. The minimum absolute atomic E-state index is 0.0888. The number of imide groups is 1. The normalized spacial score (nSPS) is 20.9. The quantitative estimate of drug-likeness (QED) is 0.748. The lowest BCUT2D eigenvalue weighted by Gasteiger charge is -2.41. The highest BCUT2D eigenvalue weighted by molar-refractivity contribution is 8.18. The third kappa shape index (κ3) is 2.84. The molecule has 25 heavy (non-hydrogen) atoms. The third-order valence-corrected chi connectivity index (χ3v) is 5.80. The maximum Gasteiger partial charge on any atom is 0.293 e. The molecule has 1 aromatic rings. The van der Waals surface area contributed by atoms with Crippen LogP contribution in [0.4, 0.5) is 10.5 Å². The predicted molar refractivity (Wildman–Crippen MR) is 103 cm³/mol. The molecule has 2 aliphatic rings. The summed E-state index contributed by atoms with van der Waals surface area (Å²) in [4.78, 5) is 27.6. The summed E-state index contributed by atoms with van der Waals surface area (Å²) in [7, 11) is 5.16. The minimum Gasteiger partial charge on any atom is -0.496 e. The van der Waals surface area contributed by atoms with E-state index in [2.05, 4.69) is 38.8 Å². The van der Waals surface area contributed by atoms with Gasteiger partial charge in [-0.25, -0.2) is 0 Å². The van der Waals surface area contributed by atoms with Gasteiger partial charge in [-0.2, -0.15) is 0 Å². The first-order chi connectivity index (χ1) is 11.7. The van der Waals surface area contributed by atoms with E-state index in [1.54, 1.807) is 13.2 Å². The van der Waals surface area contributed by atoms with Crippen molar-refractivity contribution >= 4 is 40.2 Å². The van der Waals surface area contributed by atoms with Gasteiger partial charge in [-0.15, -0.1) is 0 Å². The van der Waals surface area contributed by atoms with E-state index in [1.165, 1.54) is 12.6 Å². The number of nitrogens with zero attached hydrogens (tertiary/aromatic N) is 2. The highest BCUT2D eigenvalue weighted by Crippen LogP contribution is 2.42. The smallest absolute Gasteiger partial charge is 0.293 e. The van der Waals surface area contributed by atoms with E-state index in [4.69, 9.17) is 4.74 Å². The van der Waals surface area contributed by atoms with Crippen LogP contribution in [0.15, 0.2) is 23.1 Å². The zero-order chi connectivity index (χ0) is 18.5. The second-order valence-electron chi connectivity index (χ2n) is 6.89. The summed E-state index contributed by atoms with van der Waals surface area (Å²) in [6.45, 7) is 6.41. The van der Waals surface area contributed by atoms with Gasteiger partial charge in [0.1, 0.15) is 5.75 Å². The molecule has 0 aliphatic carbocycles. The lowest BCUT2D eigenvalue weighted by Crippen LogP contribution is -2.42. The van der Waals surface area contributed by atoms with Gasteiger partial charge in [0.15, 0.2) is 0 Å². The van der Waals surface area contributed by atoms with E-state index in [0.29, 0.717) is 10.7 Å². The Morgan fingerprint density at radius 3 is 2.44 bits per heavy atom. The molecule has 0 saturated carbocycles. The molecule has 0 radical (unpaired) electrons. The standard InChI is InChI=1S/C19H22N2O3S/c1-11-10-19(2,3)21(5)14-9-15(24-6)12(7-13(11)14)8-16-17(22)20(4)18(23)25-16/h7-10H,1-6H3/b16-8-. The van der Waals surface area contributed by atoms with Gasteiger partial charge in [-0.05, 0) is 50.2 Å². The van der Waals surface area contributed by atoms with Crippen molar-refractivity contribution in [2.24, 2.45) is 0 Å². The second kappa shape index (κ2) is 5.95. The average molecular weight is 358 g/mol. The van der Waals surface area contributed by atoms with Crippen LogP contribution in [-0.2, 0) is 4.79 Å². The van der Waals surface area contributed by atoms with E-state index in [-0.39, 0.29) is 16.7 Å². The second-order valence-corrected chi connectivity index (χ2v) is 7.89. The Balaban J connectivity index is 2.13. The van der Waals surface area contributed by atoms with Crippen LogP contribution in [0, 0.1) is 0 Å². The summed E-state index contributed by atoms with van der Waals surface area (Å²) in [5.74, 6) is 0.402. The van der Waals surface area contributed by atoms with Crippen molar-refractivity contribution in [2.75, 3.05) is 26.1 Å². The first-order valence-electron chi connectivity index (χ1n) is 8.03. The van der Waals surface area contributed by atoms with Gasteiger partial charge >= 0.3 is 0 Å². The van der Waals surface area contributed by atoms with Crippen LogP contribution in [0.3, 0.4) is 0 Å². The molecule has 1 aromatic carbocycles. The number of likely N-dealkylation sites (N-methyl/N-ethyl adjacent to an activating group) is 2. The number of fused-ring (bicyclic) bond motifs is 1. The average Bonchev–Trinajstić information content (AvgIpc) is 2.79. The van der Waals surface area contributed by atoms with Crippen molar-refractivity contribution in [3.05, 3.63) is 34.2 Å². The Morgan fingerprint density at radius 2 is 1.88 bits per heavy atom. The van der Waals surface area contributed by atoms with E-state index in [9.17, 15) is 9.59 Å². The molecule has 0 bridgehead atoms. The van der Waals surface area contributed by atoms with Gasteiger partial charge < -0.3 is 9.64 Å². The van der Waals surface area contributed by atoms with Crippen LogP contribution in [0.25, 0.3) is 11.6 Å². The van der Waals surface area contributed by atoms with E-state index in [1.807, 2.05) is 12.1 Å². The number of thioether (sulfide) groups is 1. The first kappa shape index (κ1) is 17.6. The fourth-order valence-corrected chi connectivity index (χ4v) is 3.99. The molecular weight excluding hydrogens is 336 g/mol. The molecule has 0 atom stereocenters. The Bertz CT molecular complexity index is 839. The van der Waals surface area contributed by atoms with Crippen LogP contribution in [0.2, 0.25) is 0 Å². The SMILES string of the molecule is COc1cc2c(cc1/C=C1\SC(=O)N(C)C1=O)C(C)=CC(C)(C)N2C. The van der Waals surface area contributed by atoms with Crippen LogP contribution in [0.1, 0.15) is 31.9 Å². The molecule has 1 saturated heterocycles. The first-order valence-corrected chi connectivity index (χ1v) is 8.84. The lowest BCUT2D eigenvalue weighted by atomic mass is 9.88. The number of allylic oxidation sites excluding steroid dienone is 1. The molecule has 2 amide bonds. The molecule has 2 aliphatic heterocycles. The summed E-state index contributed by atoms with van der Waals surface area (Å²) < 4.78 is 5.55. The van der Waals surface area contributed by atoms with Crippen molar-refractivity contribution in [3.8, 4) is 5.75 Å². The largest absolute Gasteiger partial charge is 0.496 e. The fraction of sp³-hybridized carbons (Fsp3) is 0.368. The molecule has 1 fully saturated rings. The highest BCUT2D eigenvalue weighted by Gasteiger charge is 2.33. The number of hydrogen-bond donors (Lipinski definition) is 0. The van der Waals surface area contributed by atoms with Crippen molar-refractivity contribution in [1.29, 1.82) is 0 Å². The van der Waals surface area contributed by atoms with E-state index >= 15 is 0 Å². The third-order valence-electron chi connectivity index (χ3n) is 4.84. The maximum atomic E-state index is 12.2. The molecule has 0 aromatic heterocycles. The summed E-state index contributed by atoms with van der Waals surface area (Å²) in [6.07, 6.45) is 3.96. The van der Waals surface area contributed by atoms with Gasteiger partial charge in [0.05, 0.1) is 17.6 Å². The van der Waals surface area contributed by atoms with Crippen LogP contribution in [0.5, 0.6) is 5.75 Å². The molecule has 6 heteroatoms. The van der Waals surface area contributed by atoms with Crippen molar-refractivity contribution in [2.45, 2.75) is 26.3 Å². The van der Waals surface area contributed by atoms with Crippen molar-refractivity contribution < 1.29 is 14.3 Å². The molecule has 132 valence electrons. The van der Waals surface area contributed by atoms with Gasteiger partial charge in [-0.3, -0.25) is 14.5 Å². The Kier molecular flexibility index (Phi) is 4.19. The Hall–Kier alpha value is -2.21. The number of carbonyl (C=O) groups is 2. The van der Waals surface area contributed by atoms with Crippen molar-refractivity contribution in [3.63, 3.8) is 0 Å². The molecule has 5 nitrogen and oxygen atoms in total. The maximum absolute atomic E-state index is 12.2. The summed E-state index contributed by atoms with van der Waals surface area (Å²) in [5.41, 5.74) is 4.07. The van der Waals surface area contributed by atoms with Gasteiger partial charge in [0.25, 0.3) is 11.1 Å². The highest BCUT2D eigenvalue weighted by atomic mass is 32.2. The van der Waals surface area contributed by atoms with Crippen LogP contribution in [-0.4, -0.2) is 42.8 Å². The van der Waals surface area contributed by atoms with Crippen LogP contribution >= 0.6 is 11.8 Å². The number of anilines is 1. The molecule has 2 heterocycles. The minimum atomic E-state index is -0.278. The zero-order valence-corrected chi connectivity index (χ0v) is 16.2. The topological polar surface area (TPSA) is 49.9 Å². The van der Waals surface area contributed by atoms with Gasteiger partial charge in [0, 0.05) is 37.0 Å². The summed E-state index contributed by atoms with van der Waals surface area (Å²) >= 11 is 0.952. The molecule has 3 rings (SSSR count). The monoisotopic (exact) mass is 358 g/mol. The molecule has 0 N–H and O–H groups in total. The number of amides is 2. The molecular formula is C19H22N2O3S. The molecule has 0 spiro atoms. The number of rotatable bonds is 2.